The van der Waals surface area contributed by atoms with Crippen molar-refractivity contribution in [3.63, 3.8) is 0 Å². The van der Waals surface area contributed by atoms with Crippen molar-refractivity contribution in [2.45, 2.75) is 13.3 Å². The molecule has 0 heterocycles. The molecule has 0 saturated carbocycles. The molecule has 0 atom stereocenters. The first-order valence-electron chi connectivity index (χ1n) is 6.82. The minimum atomic E-state index is -0.246. The molecule has 0 radical (unpaired) electrons. The number of hydrogen-bond acceptors (Lipinski definition) is 5. The molecule has 6 nitrogen and oxygen atoms in total. The Morgan fingerprint density at radius 2 is 2.19 bits per heavy atom. The van der Waals surface area contributed by atoms with Gasteiger partial charge >= 0.3 is 0 Å². The molecular weight excluding hydrogens is 270 g/mol. The van der Waals surface area contributed by atoms with Crippen LogP contribution in [-0.2, 0) is 4.74 Å². The molecule has 0 saturated heterocycles. The monoisotopic (exact) mass is 291 g/mol. The van der Waals surface area contributed by atoms with E-state index in [1.165, 1.54) is 0 Å². The molecule has 0 aliphatic heterocycles. The average molecular weight is 291 g/mol. The lowest BCUT2D eigenvalue weighted by atomic mass is 10.1. The van der Waals surface area contributed by atoms with E-state index in [9.17, 15) is 4.79 Å². The van der Waals surface area contributed by atoms with E-state index in [1.54, 1.807) is 30.2 Å². The SMILES string of the molecule is CCOc1cccc(N)c1C(=O)N(CCC#N)CCOC. The summed E-state index contributed by atoms with van der Waals surface area (Å²) in [7, 11) is 1.56. The molecule has 0 spiro atoms. The lowest BCUT2D eigenvalue weighted by molar-refractivity contribution is 0.0697. The van der Waals surface area contributed by atoms with Gasteiger partial charge in [-0.25, -0.2) is 0 Å². The average Bonchev–Trinajstić information content (AvgIpc) is 2.47. The molecule has 21 heavy (non-hydrogen) atoms. The first kappa shape index (κ1) is 16.8. The number of ether oxygens (including phenoxy) is 2. The van der Waals surface area contributed by atoms with E-state index in [-0.39, 0.29) is 12.3 Å². The second-order valence-electron chi connectivity index (χ2n) is 4.35. The van der Waals surface area contributed by atoms with E-state index in [1.807, 2.05) is 13.0 Å². The van der Waals surface area contributed by atoms with Gasteiger partial charge in [0.15, 0.2) is 0 Å². The lowest BCUT2D eigenvalue weighted by Crippen LogP contribution is -2.35. The van der Waals surface area contributed by atoms with Gasteiger partial charge in [-0.2, -0.15) is 5.26 Å². The van der Waals surface area contributed by atoms with Crippen LogP contribution in [0.15, 0.2) is 18.2 Å². The molecule has 2 N–H and O–H groups in total. The van der Waals surface area contributed by atoms with Crippen molar-refractivity contribution >= 4 is 11.6 Å². The maximum atomic E-state index is 12.7. The third-order valence-corrected chi connectivity index (χ3v) is 2.92. The number of carbonyl (C=O) groups excluding carboxylic acids is 1. The van der Waals surface area contributed by atoms with Gasteiger partial charge in [-0.1, -0.05) is 6.07 Å². The van der Waals surface area contributed by atoms with E-state index in [0.29, 0.717) is 43.3 Å². The molecular formula is C15H21N3O3. The van der Waals surface area contributed by atoms with Gasteiger partial charge < -0.3 is 20.1 Å². The van der Waals surface area contributed by atoms with Gasteiger partial charge in [0.05, 0.1) is 25.7 Å². The molecule has 0 unspecified atom stereocenters. The fourth-order valence-electron chi connectivity index (χ4n) is 1.91. The number of methoxy groups -OCH3 is 1. The molecule has 0 aliphatic rings. The fourth-order valence-corrected chi connectivity index (χ4v) is 1.91. The Bertz CT molecular complexity index is 511. The summed E-state index contributed by atoms with van der Waals surface area (Å²) in [6.45, 7) is 3.42. The van der Waals surface area contributed by atoms with Gasteiger partial charge in [0.25, 0.3) is 5.91 Å². The molecule has 1 amide bonds. The van der Waals surface area contributed by atoms with Crippen molar-refractivity contribution < 1.29 is 14.3 Å². The third kappa shape index (κ3) is 4.65. The highest BCUT2D eigenvalue weighted by molar-refractivity contribution is 6.01. The second kappa shape index (κ2) is 8.82. The molecule has 6 heteroatoms. The summed E-state index contributed by atoms with van der Waals surface area (Å²) in [5.74, 6) is 0.214. The van der Waals surface area contributed by atoms with Crippen molar-refractivity contribution in [1.29, 1.82) is 5.26 Å². The minimum absolute atomic E-state index is 0.246. The number of amides is 1. The van der Waals surface area contributed by atoms with Gasteiger partial charge in [-0.15, -0.1) is 0 Å². The topological polar surface area (TPSA) is 88.6 Å². The summed E-state index contributed by atoms with van der Waals surface area (Å²) in [6.07, 6.45) is 0.256. The summed E-state index contributed by atoms with van der Waals surface area (Å²) < 4.78 is 10.5. The molecule has 1 aromatic rings. The summed E-state index contributed by atoms with van der Waals surface area (Å²) >= 11 is 0. The summed E-state index contributed by atoms with van der Waals surface area (Å²) in [5, 5.41) is 8.72. The maximum absolute atomic E-state index is 12.7. The van der Waals surface area contributed by atoms with Gasteiger partial charge in [0.1, 0.15) is 11.3 Å². The number of benzene rings is 1. The van der Waals surface area contributed by atoms with Crippen molar-refractivity contribution in [3.8, 4) is 11.8 Å². The van der Waals surface area contributed by atoms with Crippen LogP contribution in [-0.4, -0.2) is 44.2 Å². The number of hydrogen-bond donors (Lipinski definition) is 1. The van der Waals surface area contributed by atoms with E-state index in [2.05, 4.69) is 0 Å². The maximum Gasteiger partial charge on any atom is 0.259 e. The van der Waals surface area contributed by atoms with Crippen LogP contribution < -0.4 is 10.5 Å². The Hall–Kier alpha value is -2.26. The molecule has 1 rings (SSSR count). The van der Waals surface area contributed by atoms with Gasteiger partial charge in [-0.3, -0.25) is 4.79 Å². The summed E-state index contributed by atoms with van der Waals surface area (Å²) in [6, 6.07) is 7.16. The zero-order valence-corrected chi connectivity index (χ0v) is 12.5. The number of anilines is 1. The number of carbonyl (C=O) groups is 1. The van der Waals surface area contributed by atoms with Crippen LogP contribution in [0.5, 0.6) is 5.75 Å². The molecule has 0 aliphatic carbocycles. The van der Waals surface area contributed by atoms with Gasteiger partial charge in [0.2, 0.25) is 0 Å². The largest absolute Gasteiger partial charge is 0.493 e. The van der Waals surface area contributed by atoms with Crippen LogP contribution in [0.1, 0.15) is 23.7 Å². The fraction of sp³-hybridized carbons (Fsp3) is 0.467. The zero-order chi connectivity index (χ0) is 15.7. The Morgan fingerprint density at radius 1 is 1.43 bits per heavy atom. The third-order valence-electron chi connectivity index (χ3n) is 2.92. The second-order valence-corrected chi connectivity index (χ2v) is 4.35. The summed E-state index contributed by atoms with van der Waals surface area (Å²) in [5.41, 5.74) is 6.63. The molecule has 1 aromatic carbocycles. The first-order valence-corrected chi connectivity index (χ1v) is 6.82. The van der Waals surface area contributed by atoms with Crippen LogP contribution >= 0.6 is 0 Å². The number of nitrogen functional groups attached to an aromatic ring is 1. The smallest absolute Gasteiger partial charge is 0.259 e. The van der Waals surface area contributed by atoms with E-state index < -0.39 is 0 Å². The van der Waals surface area contributed by atoms with Crippen LogP contribution in [0.4, 0.5) is 5.69 Å². The lowest BCUT2D eigenvalue weighted by Gasteiger charge is -2.23. The van der Waals surface area contributed by atoms with Crippen LogP contribution in [0.2, 0.25) is 0 Å². The Kier molecular flexibility index (Phi) is 7.05. The number of nitrogens with zero attached hydrogens (tertiary/aromatic N) is 2. The Labute approximate surface area is 125 Å². The highest BCUT2D eigenvalue weighted by atomic mass is 16.5. The predicted molar refractivity (Wildman–Crippen MR) is 80.0 cm³/mol. The van der Waals surface area contributed by atoms with Crippen LogP contribution in [0.25, 0.3) is 0 Å². The Balaban J connectivity index is 3.04. The van der Waals surface area contributed by atoms with E-state index in [0.717, 1.165) is 0 Å². The quantitative estimate of drug-likeness (QED) is 0.736. The molecule has 0 aromatic heterocycles. The number of nitriles is 1. The highest BCUT2D eigenvalue weighted by Crippen LogP contribution is 2.26. The van der Waals surface area contributed by atoms with Crippen LogP contribution in [0.3, 0.4) is 0 Å². The van der Waals surface area contributed by atoms with Crippen molar-refractivity contribution in [3.05, 3.63) is 23.8 Å². The van der Waals surface area contributed by atoms with E-state index in [4.69, 9.17) is 20.5 Å². The summed E-state index contributed by atoms with van der Waals surface area (Å²) in [4.78, 5) is 14.2. The van der Waals surface area contributed by atoms with Crippen LogP contribution in [0, 0.1) is 11.3 Å². The number of nitrogens with two attached hydrogens (primary N) is 1. The predicted octanol–water partition coefficient (Wildman–Crippen LogP) is 1.67. The highest BCUT2D eigenvalue weighted by Gasteiger charge is 2.22. The van der Waals surface area contributed by atoms with Crippen molar-refractivity contribution in [2.75, 3.05) is 39.1 Å². The Morgan fingerprint density at radius 3 is 2.81 bits per heavy atom. The first-order chi connectivity index (χ1) is 10.2. The van der Waals surface area contributed by atoms with Crippen molar-refractivity contribution in [2.24, 2.45) is 0 Å². The van der Waals surface area contributed by atoms with Gasteiger partial charge in [0, 0.05) is 25.9 Å². The standard InChI is InChI=1S/C15H21N3O3/c1-3-21-13-7-4-6-12(17)14(13)15(19)18(9-5-8-16)10-11-20-2/h4,6-7H,3,5,9-11,17H2,1-2H3. The molecule has 114 valence electrons. The molecule has 0 bridgehead atoms. The van der Waals surface area contributed by atoms with Crippen molar-refractivity contribution in [1.82, 2.24) is 4.90 Å². The zero-order valence-electron chi connectivity index (χ0n) is 12.5. The number of rotatable bonds is 8. The van der Waals surface area contributed by atoms with Gasteiger partial charge in [-0.05, 0) is 19.1 Å². The minimum Gasteiger partial charge on any atom is -0.493 e. The molecule has 0 fully saturated rings. The van der Waals surface area contributed by atoms with E-state index >= 15 is 0 Å². The normalized spacial score (nSPS) is 9.95.